The van der Waals surface area contributed by atoms with Gasteiger partial charge < -0.3 is 24.8 Å². The summed E-state index contributed by atoms with van der Waals surface area (Å²) in [5.74, 6) is 2.12. The molecule has 2 N–H and O–H groups in total. The average Bonchev–Trinajstić information content (AvgIpc) is 2.99. The molecule has 5 aromatic rings. The summed E-state index contributed by atoms with van der Waals surface area (Å²) in [5, 5.41) is 6.62. The standard InChI is InChI=1S/C30H24ClN5O4/c1-38-25-17-24-26(28-27(25)39-14-15-40-28)29(33-18-32-24)36(20-10-6-3-7-11-20)21-12-13-23(22(31)16-21)35-30(37)34-19-8-4-2-5-9-19/h2-13,16-18H,14-15H2,1H3,(H2,34,35,37). The number of halogens is 1. The van der Waals surface area contributed by atoms with Crippen molar-refractivity contribution >= 4 is 57.1 Å². The van der Waals surface area contributed by atoms with E-state index < -0.39 is 6.03 Å². The summed E-state index contributed by atoms with van der Waals surface area (Å²) in [5.41, 5.74) is 3.31. The number of anilines is 5. The molecule has 40 heavy (non-hydrogen) atoms. The molecule has 1 aliphatic rings. The first kappa shape index (κ1) is 25.3. The van der Waals surface area contributed by atoms with Gasteiger partial charge in [-0.3, -0.25) is 4.90 Å². The number of para-hydroxylation sites is 2. The van der Waals surface area contributed by atoms with E-state index >= 15 is 0 Å². The fraction of sp³-hybridized carbons (Fsp3) is 0.100. The largest absolute Gasteiger partial charge is 0.493 e. The molecule has 4 aromatic carbocycles. The van der Waals surface area contributed by atoms with E-state index in [1.54, 1.807) is 31.4 Å². The Hall–Kier alpha value is -5.02. The summed E-state index contributed by atoms with van der Waals surface area (Å²) in [7, 11) is 1.58. The molecule has 10 heteroatoms. The molecule has 0 unspecified atom stereocenters. The zero-order chi connectivity index (χ0) is 27.5. The first-order chi connectivity index (χ1) is 19.6. The van der Waals surface area contributed by atoms with E-state index in [2.05, 4.69) is 20.6 Å². The Bertz CT molecular complexity index is 1690. The third-order valence-corrected chi connectivity index (χ3v) is 6.61. The predicted molar refractivity (Wildman–Crippen MR) is 156 cm³/mol. The third-order valence-electron chi connectivity index (χ3n) is 6.29. The highest BCUT2D eigenvalue weighted by Crippen LogP contribution is 2.49. The number of fused-ring (bicyclic) bond motifs is 3. The van der Waals surface area contributed by atoms with Gasteiger partial charge in [-0.05, 0) is 42.5 Å². The Kier molecular flexibility index (Phi) is 6.95. The first-order valence-electron chi connectivity index (χ1n) is 12.5. The van der Waals surface area contributed by atoms with Crippen LogP contribution in [0.5, 0.6) is 17.2 Å². The summed E-state index contributed by atoms with van der Waals surface area (Å²) in [6, 6.07) is 25.7. The molecule has 0 saturated carbocycles. The molecule has 1 aliphatic heterocycles. The number of methoxy groups -OCH3 is 1. The summed E-state index contributed by atoms with van der Waals surface area (Å²) in [6.45, 7) is 0.786. The van der Waals surface area contributed by atoms with E-state index in [0.29, 0.717) is 69.3 Å². The maximum Gasteiger partial charge on any atom is 0.323 e. The van der Waals surface area contributed by atoms with Gasteiger partial charge in [0.05, 0.1) is 28.7 Å². The number of nitrogens with one attached hydrogen (secondary N) is 2. The van der Waals surface area contributed by atoms with Crippen molar-refractivity contribution in [1.82, 2.24) is 9.97 Å². The van der Waals surface area contributed by atoms with Crippen LogP contribution in [0.2, 0.25) is 5.02 Å². The molecule has 0 radical (unpaired) electrons. The van der Waals surface area contributed by atoms with Crippen LogP contribution in [-0.2, 0) is 0 Å². The van der Waals surface area contributed by atoms with Gasteiger partial charge in [0.25, 0.3) is 0 Å². The van der Waals surface area contributed by atoms with Crippen LogP contribution in [-0.4, -0.2) is 36.3 Å². The van der Waals surface area contributed by atoms with Crippen molar-refractivity contribution in [2.24, 2.45) is 0 Å². The lowest BCUT2D eigenvalue weighted by molar-refractivity contribution is 0.167. The van der Waals surface area contributed by atoms with Gasteiger partial charge in [-0.2, -0.15) is 0 Å². The predicted octanol–water partition coefficient (Wildman–Crippen LogP) is 7.18. The number of hydrogen-bond donors (Lipinski definition) is 2. The minimum atomic E-state index is -0.403. The Labute approximate surface area is 235 Å². The van der Waals surface area contributed by atoms with E-state index in [-0.39, 0.29) is 0 Å². The van der Waals surface area contributed by atoms with E-state index in [1.165, 1.54) is 6.33 Å². The summed E-state index contributed by atoms with van der Waals surface area (Å²) in [6.07, 6.45) is 1.49. The summed E-state index contributed by atoms with van der Waals surface area (Å²) < 4.78 is 17.6. The molecule has 0 spiro atoms. The minimum Gasteiger partial charge on any atom is -0.493 e. The number of aromatic nitrogens is 2. The van der Waals surface area contributed by atoms with Gasteiger partial charge in [0.15, 0.2) is 17.3 Å². The SMILES string of the molecule is COc1cc2ncnc(N(c3ccccc3)c3ccc(NC(=O)Nc4ccccc4)c(Cl)c3)c2c2c1OCCO2. The maximum atomic E-state index is 12.6. The van der Waals surface area contributed by atoms with Crippen LogP contribution in [0, 0.1) is 0 Å². The molecule has 0 aliphatic carbocycles. The van der Waals surface area contributed by atoms with E-state index in [9.17, 15) is 4.79 Å². The lowest BCUT2D eigenvalue weighted by atomic mass is 10.1. The highest BCUT2D eigenvalue weighted by Gasteiger charge is 2.27. The van der Waals surface area contributed by atoms with Crippen LogP contribution in [0.4, 0.5) is 33.4 Å². The normalized spacial score (nSPS) is 12.1. The number of ether oxygens (including phenoxy) is 3. The van der Waals surface area contributed by atoms with E-state index in [1.807, 2.05) is 65.6 Å². The molecule has 6 rings (SSSR count). The van der Waals surface area contributed by atoms with Gasteiger partial charge in [-0.15, -0.1) is 0 Å². The summed E-state index contributed by atoms with van der Waals surface area (Å²) in [4.78, 5) is 23.7. The highest BCUT2D eigenvalue weighted by molar-refractivity contribution is 6.34. The first-order valence-corrected chi connectivity index (χ1v) is 12.9. The fourth-order valence-electron chi connectivity index (χ4n) is 4.54. The van der Waals surface area contributed by atoms with Gasteiger partial charge in [0.1, 0.15) is 19.5 Å². The van der Waals surface area contributed by atoms with E-state index in [0.717, 1.165) is 5.69 Å². The quantitative estimate of drug-likeness (QED) is 0.230. The van der Waals surface area contributed by atoms with Crippen molar-refractivity contribution in [1.29, 1.82) is 0 Å². The second-order valence-electron chi connectivity index (χ2n) is 8.81. The maximum absolute atomic E-state index is 12.6. The second-order valence-corrected chi connectivity index (χ2v) is 9.21. The van der Waals surface area contributed by atoms with Gasteiger partial charge in [-0.25, -0.2) is 14.8 Å². The Morgan fingerprint density at radius 3 is 2.33 bits per heavy atom. The highest BCUT2D eigenvalue weighted by atomic mass is 35.5. The number of rotatable bonds is 6. The smallest absolute Gasteiger partial charge is 0.323 e. The second kappa shape index (κ2) is 11.0. The number of nitrogens with zero attached hydrogens (tertiary/aromatic N) is 3. The molecule has 0 bridgehead atoms. The van der Waals surface area contributed by atoms with Gasteiger partial charge in [-0.1, -0.05) is 48.0 Å². The van der Waals surface area contributed by atoms with Crippen molar-refractivity contribution in [2.45, 2.75) is 0 Å². The molecular weight excluding hydrogens is 530 g/mol. The molecule has 9 nitrogen and oxygen atoms in total. The number of hydrogen-bond acceptors (Lipinski definition) is 7. The van der Waals surface area contributed by atoms with Crippen LogP contribution in [0.1, 0.15) is 0 Å². The van der Waals surface area contributed by atoms with Crippen LogP contribution in [0.15, 0.2) is 91.3 Å². The zero-order valence-corrected chi connectivity index (χ0v) is 22.2. The lowest BCUT2D eigenvalue weighted by Crippen LogP contribution is -2.20. The van der Waals surface area contributed by atoms with Crippen molar-refractivity contribution in [3.8, 4) is 17.2 Å². The molecule has 200 valence electrons. The molecule has 0 atom stereocenters. The van der Waals surface area contributed by atoms with Crippen LogP contribution in [0.3, 0.4) is 0 Å². The number of amides is 2. The number of carbonyl (C=O) groups excluding carboxylic acids is 1. The zero-order valence-electron chi connectivity index (χ0n) is 21.4. The van der Waals surface area contributed by atoms with Crippen molar-refractivity contribution in [3.63, 3.8) is 0 Å². The molecule has 0 saturated heterocycles. The van der Waals surface area contributed by atoms with Gasteiger partial charge in [0, 0.05) is 23.1 Å². The minimum absolute atomic E-state index is 0.350. The van der Waals surface area contributed by atoms with Gasteiger partial charge >= 0.3 is 6.03 Å². The fourth-order valence-corrected chi connectivity index (χ4v) is 4.76. The number of carbonyl (C=O) groups is 1. The Balaban J connectivity index is 1.43. The van der Waals surface area contributed by atoms with Crippen LogP contribution in [0.25, 0.3) is 10.9 Å². The van der Waals surface area contributed by atoms with Crippen molar-refractivity contribution in [2.75, 3.05) is 35.9 Å². The molecular formula is C30H24ClN5O4. The Morgan fingerprint density at radius 1 is 0.875 bits per heavy atom. The van der Waals surface area contributed by atoms with Crippen molar-refractivity contribution < 1.29 is 19.0 Å². The van der Waals surface area contributed by atoms with Gasteiger partial charge in [0.2, 0.25) is 5.75 Å². The lowest BCUT2D eigenvalue weighted by Gasteiger charge is -2.28. The molecule has 2 heterocycles. The molecule has 1 aromatic heterocycles. The molecule has 2 amide bonds. The van der Waals surface area contributed by atoms with E-state index in [4.69, 9.17) is 25.8 Å². The third kappa shape index (κ3) is 4.90. The average molecular weight is 554 g/mol. The summed E-state index contributed by atoms with van der Waals surface area (Å²) >= 11 is 6.71. The molecule has 0 fully saturated rings. The topological polar surface area (TPSA) is 97.8 Å². The van der Waals surface area contributed by atoms with Crippen LogP contribution < -0.4 is 29.7 Å². The Morgan fingerprint density at radius 2 is 1.60 bits per heavy atom. The monoisotopic (exact) mass is 553 g/mol. The number of benzene rings is 4. The van der Waals surface area contributed by atoms with Crippen molar-refractivity contribution in [3.05, 3.63) is 96.3 Å². The van der Waals surface area contributed by atoms with Crippen LogP contribution >= 0.6 is 11.6 Å². The number of urea groups is 1.